The second-order valence-corrected chi connectivity index (χ2v) is 4.31. The molecule has 0 radical (unpaired) electrons. The lowest BCUT2D eigenvalue weighted by Crippen LogP contribution is -1.97. The first-order valence-electron chi connectivity index (χ1n) is 5.47. The summed E-state index contributed by atoms with van der Waals surface area (Å²) < 4.78 is 5.70. The van der Waals surface area contributed by atoms with E-state index in [9.17, 15) is 0 Å². The van der Waals surface area contributed by atoms with Gasteiger partial charge < -0.3 is 15.8 Å². The van der Waals surface area contributed by atoms with Gasteiger partial charge in [-0.15, -0.1) is 0 Å². The Morgan fingerprint density at radius 1 is 1.33 bits per heavy atom. The Morgan fingerprint density at radius 2 is 2.11 bits per heavy atom. The fourth-order valence-corrected chi connectivity index (χ4v) is 1.77. The van der Waals surface area contributed by atoms with Crippen molar-refractivity contribution in [3.8, 4) is 11.6 Å². The van der Waals surface area contributed by atoms with Crippen LogP contribution in [0.4, 0.5) is 11.4 Å². The molecule has 3 N–H and O–H groups in total. The highest BCUT2D eigenvalue weighted by Crippen LogP contribution is 2.29. The molecular formula is C13H14ClN3O. The number of nitrogens with zero attached hydrogens (tertiary/aromatic N) is 1. The molecule has 0 atom stereocenters. The van der Waals surface area contributed by atoms with Crippen molar-refractivity contribution in [2.45, 2.75) is 6.92 Å². The third kappa shape index (κ3) is 2.65. The standard InChI is InChI=1S/C13H14ClN3O/c1-8-5-9(14)7-17-13(8)18-10-3-4-11(15)12(6-10)16-2/h3-7,16H,15H2,1-2H3. The zero-order valence-corrected chi connectivity index (χ0v) is 11.0. The number of hydrogen-bond donors (Lipinski definition) is 2. The number of hydrogen-bond acceptors (Lipinski definition) is 4. The lowest BCUT2D eigenvalue weighted by molar-refractivity contribution is 0.459. The third-order valence-electron chi connectivity index (χ3n) is 2.51. The van der Waals surface area contributed by atoms with Crippen molar-refractivity contribution < 1.29 is 4.74 Å². The summed E-state index contributed by atoms with van der Waals surface area (Å²) in [5.41, 5.74) is 8.16. The minimum absolute atomic E-state index is 0.534. The molecule has 5 heteroatoms. The quantitative estimate of drug-likeness (QED) is 0.833. The molecule has 18 heavy (non-hydrogen) atoms. The maximum atomic E-state index is 5.84. The van der Waals surface area contributed by atoms with Crippen LogP contribution in [0.25, 0.3) is 0 Å². The van der Waals surface area contributed by atoms with Crippen LogP contribution >= 0.6 is 11.6 Å². The average Bonchev–Trinajstić information content (AvgIpc) is 2.35. The molecule has 0 aliphatic rings. The van der Waals surface area contributed by atoms with Gasteiger partial charge in [-0.25, -0.2) is 4.98 Å². The fraction of sp³-hybridized carbons (Fsp3) is 0.154. The topological polar surface area (TPSA) is 60.2 Å². The van der Waals surface area contributed by atoms with Gasteiger partial charge in [-0.1, -0.05) is 11.6 Å². The number of anilines is 2. The Kier molecular flexibility index (Phi) is 3.58. The van der Waals surface area contributed by atoms with Crippen LogP contribution < -0.4 is 15.8 Å². The van der Waals surface area contributed by atoms with Crippen LogP contribution in [0.15, 0.2) is 30.5 Å². The van der Waals surface area contributed by atoms with E-state index in [-0.39, 0.29) is 0 Å². The lowest BCUT2D eigenvalue weighted by Gasteiger charge is -2.10. The van der Waals surface area contributed by atoms with Crippen molar-refractivity contribution in [3.05, 3.63) is 41.0 Å². The Bertz CT molecular complexity index is 572. The molecule has 0 aliphatic carbocycles. The van der Waals surface area contributed by atoms with E-state index in [0.717, 1.165) is 11.3 Å². The van der Waals surface area contributed by atoms with Crippen LogP contribution in [-0.4, -0.2) is 12.0 Å². The predicted molar refractivity (Wildman–Crippen MR) is 74.5 cm³/mol. The van der Waals surface area contributed by atoms with Crippen LogP contribution in [0, 0.1) is 6.92 Å². The van der Waals surface area contributed by atoms with Gasteiger partial charge in [0.1, 0.15) is 5.75 Å². The van der Waals surface area contributed by atoms with Crippen molar-refractivity contribution >= 4 is 23.0 Å². The summed E-state index contributed by atoms with van der Waals surface area (Å²) in [6.45, 7) is 1.89. The zero-order valence-electron chi connectivity index (χ0n) is 10.2. The number of nitrogens with two attached hydrogens (primary N) is 1. The molecule has 1 heterocycles. The van der Waals surface area contributed by atoms with Gasteiger partial charge in [0.15, 0.2) is 0 Å². The molecule has 2 aromatic rings. The van der Waals surface area contributed by atoms with Crippen LogP contribution in [0.5, 0.6) is 11.6 Å². The summed E-state index contributed by atoms with van der Waals surface area (Å²) in [5, 5.41) is 3.59. The van der Waals surface area contributed by atoms with Crippen molar-refractivity contribution in [3.63, 3.8) is 0 Å². The van der Waals surface area contributed by atoms with Crippen molar-refractivity contribution in [1.29, 1.82) is 0 Å². The summed E-state index contributed by atoms with van der Waals surface area (Å²) in [6.07, 6.45) is 1.56. The second-order valence-electron chi connectivity index (χ2n) is 3.88. The molecular weight excluding hydrogens is 250 g/mol. The van der Waals surface area contributed by atoms with E-state index < -0.39 is 0 Å². The zero-order chi connectivity index (χ0) is 13.1. The lowest BCUT2D eigenvalue weighted by atomic mass is 10.2. The van der Waals surface area contributed by atoms with Crippen LogP contribution in [-0.2, 0) is 0 Å². The molecule has 1 aromatic carbocycles. The highest BCUT2D eigenvalue weighted by atomic mass is 35.5. The molecule has 0 bridgehead atoms. The van der Waals surface area contributed by atoms with Gasteiger partial charge >= 0.3 is 0 Å². The predicted octanol–water partition coefficient (Wildman–Crippen LogP) is 3.46. The normalized spacial score (nSPS) is 10.2. The first-order chi connectivity index (χ1) is 8.60. The van der Waals surface area contributed by atoms with Crippen molar-refractivity contribution in [2.75, 3.05) is 18.1 Å². The molecule has 0 saturated heterocycles. The molecule has 0 fully saturated rings. The molecule has 1 aromatic heterocycles. The summed E-state index contributed by atoms with van der Waals surface area (Å²) in [7, 11) is 1.81. The molecule has 0 aliphatic heterocycles. The fourth-order valence-electron chi connectivity index (χ4n) is 1.56. The van der Waals surface area contributed by atoms with E-state index >= 15 is 0 Å². The molecule has 4 nitrogen and oxygen atoms in total. The maximum Gasteiger partial charge on any atom is 0.222 e. The number of nitrogens with one attached hydrogen (secondary N) is 1. The monoisotopic (exact) mass is 263 g/mol. The number of halogens is 1. The SMILES string of the molecule is CNc1cc(Oc2ncc(Cl)cc2C)ccc1N. The van der Waals surface area contributed by atoms with E-state index in [2.05, 4.69) is 10.3 Å². The number of pyridine rings is 1. The summed E-state index contributed by atoms with van der Waals surface area (Å²) in [6, 6.07) is 7.21. The third-order valence-corrected chi connectivity index (χ3v) is 2.71. The molecule has 94 valence electrons. The number of ether oxygens (including phenoxy) is 1. The molecule has 2 rings (SSSR count). The van der Waals surface area contributed by atoms with E-state index in [1.165, 1.54) is 0 Å². The number of benzene rings is 1. The average molecular weight is 264 g/mol. The highest BCUT2D eigenvalue weighted by Gasteiger charge is 2.05. The van der Waals surface area contributed by atoms with Crippen LogP contribution in [0.2, 0.25) is 5.02 Å². The number of nitrogen functional groups attached to an aromatic ring is 1. The van der Waals surface area contributed by atoms with E-state index in [0.29, 0.717) is 22.3 Å². The number of rotatable bonds is 3. The first-order valence-corrected chi connectivity index (χ1v) is 5.85. The van der Waals surface area contributed by atoms with E-state index in [1.54, 1.807) is 31.4 Å². The van der Waals surface area contributed by atoms with Crippen LogP contribution in [0.1, 0.15) is 5.56 Å². The van der Waals surface area contributed by atoms with Gasteiger partial charge in [-0.05, 0) is 25.1 Å². The van der Waals surface area contributed by atoms with Gasteiger partial charge in [0.05, 0.1) is 16.4 Å². The summed E-state index contributed by atoms with van der Waals surface area (Å²) in [5.74, 6) is 1.21. The van der Waals surface area contributed by atoms with E-state index in [1.807, 2.05) is 13.0 Å². The highest BCUT2D eigenvalue weighted by molar-refractivity contribution is 6.30. The van der Waals surface area contributed by atoms with Gasteiger partial charge in [-0.2, -0.15) is 0 Å². The number of aryl methyl sites for hydroxylation is 1. The Morgan fingerprint density at radius 3 is 2.78 bits per heavy atom. The van der Waals surface area contributed by atoms with Gasteiger partial charge in [-0.3, -0.25) is 0 Å². The Labute approximate surface area is 111 Å². The molecule has 0 amide bonds. The molecule has 0 unspecified atom stereocenters. The second kappa shape index (κ2) is 5.14. The minimum atomic E-state index is 0.534. The maximum absolute atomic E-state index is 5.84. The molecule has 0 spiro atoms. The van der Waals surface area contributed by atoms with Gasteiger partial charge in [0.2, 0.25) is 5.88 Å². The van der Waals surface area contributed by atoms with E-state index in [4.69, 9.17) is 22.1 Å². The Balaban J connectivity index is 2.28. The van der Waals surface area contributed by atoms with Crippen LogP contribution in [0.3, 0.4) is 0 Å². The molecule has 0 saturated carbocycles. The summed E-state index contributed by atoms with van der Waals surface area (Å²) >= 11 is 5.84. The van der Waals surface area contributed by atoms with Gasteiger partial charge in [0.25, 0.3) is 0 Å². The smallest absolute Gasteiger partial charge is 0.222 e. The first kappa shape index (κ1) is 12.5. The van der Waals surface area contributed by atoms with Gasteiger partial charge in [0, 0.05) is 24.9 Å². The van der Waals surface area contributed by atoms with Crippen molar-refractivity contribution in [1.82, 2.24) is 4.98 Å². The minimum Gasteiger partial charge on any atom is -0.439 e. The number of aromatic nitrogens is 1. The van der Waals surface area contributed by atoms with Crippen molar-refractivity contribution in [2.24, 2.45) is 0 Å². The Hall–Kier alpha value is -1.94. The summed E-state index contributed by atoms with van der Waals surface area (Å²) in [4.78, 5) is 4.15. The largest absolute Gasteiger partial charge is 0.439 e.